The molecule has 1 atom stereocenters. The minimum atomic E-state index is -3.80. The highest BCUT2D eigenvalue weighted by Gasteiger charge is 2.31. The molecule has 2 amide bonds. The molecule has 2 rings (SSSR count). The fourth-order valence-electron chi connectivity index (χ4n) is 3.53. The zero-order valence-corrected chi connectivity index (χ0v) is 24.1. The van der Waals surface area contributed by atoms with Gasteiger partial charge in [-0.05, 0) is 69.0 Å². The van der Waals surface area contributed by atoms with Gasteiger partial charge in [-0.15, -0.1) is 0 Å². The number of hydrogen-bond acceptors (Lipinski definition) is 4. The third kappa shape index (κ3) is 8.39. The molecule has 0 saturated carbocycles. The van der Waals surface area contributed by atoms with E-state index in [1.807, 2.05) is 46.8 Å². The van der Waals surface area contributed by atoms with Gasteiger partial charge in [0.2, 0.25) is 21.8 Å². The molecule has 1 N–H and O–H groups in total. The van der Waals surface area contributed by atoms with Crippen LogP contribution in [0.4, 0.5) is 5.69 Å². The van der Waals surface area contributed by atoms with Gasteiger partial charge in [0, 0.05) is 22.1 Å². The fraction of sp³-hybridized carbons (Fsp3) is 0.462. The first-order valence-corrected chi connectivity index (χ1v) is 14.2. The van der Waals surface area contributed by atoms with Crippen LogP contribution in [0.15, 0.2) is 42.5 Å². The standard InChI is InChI=1S/C26H35Cl2N3O4S/c1-17(2)19-9-12-22(13-10-19)31(36(7,34)35)16-24(32)30(18(3)25(33)29-26(4,5)6)15-20-8-11-21(27)14-23(20)28/h8-14,17-18H,15-16H2,1-7H3,(H,29,33)/t18-/m0/s1. The molecule has 2 aromatic carbocycles. The summed E-state index contributed by atoms with van der Waals surface area (Å²) in [6, 6.07) is 11.0. The Bertz CT molecular complexity index is 1190. The predicted octanol–water partition coefficient (Wildman–Crippen LogP) is 5.21. The summed E-state index contributed by atoms with van der Waals surface area (Å²) in [5.41, 5.74) is 1.48. The summed E-state index contributed by atoms with van der Waals surface area (Å²) < 4.78 is 26.4. The lowest BCUT2D eigenvalue weighted by Gasteiger charge is -2.33. The number of carbonyl (C=O) groups is 2. The fourth-order valence-corrected chi connectivity index (χ4v) is 4.85. The summed E-state index contributed by atoms with van der Waals surface area (Å²) in [7, 11) is -3.80. The molecule has 0 spiro atoms. The van der Waals surface area contributed by atoms with Gasteiger partial charge in [-0.1, -0.05) is 55.2 Å². The van der Waals surface area contributed by atoms with Crippen molar-refractivity contribution >= 4 is 50.7 Å². The topological polar surface area (TPSA) is 86.8 Å². The van der Waals surface area contributed by atoms with Gasteiger partial charge in [0.25, 0.3) is 0 Å². The summed E-state index contributed by atoms with van der Waals surface area (Å²) in [6.07, 6.45) is 1.05. The van der Waals surface area contributed by atoms with Gasteiger partial charge in [-0.25, -0.2) is 8.42 Å². The van der Waals surface area contributed by atoms with Crippen LogP contribution in [0.5, 0.6) is 0 Å². The molecule has 7 nitrogen and oxygen atoms in total. The Kier molecular flexibility index (Phi) is 9.84. The SMILES string of the molecule is CC(C)c1ccc(N(CC(=O)N(Cc2ccc(Cl)cc2Cl)[C@@H](C)C(=O)NC(C)(C)C)S(C)(=O)=O)cc1. The van der Waals surface area contributed by atoms with E-state index < -0.39 is 34.1 Å². The number of anilines is 1. The van der Waals surface area contributed by atoms with Gasteiger partial charge in [-0.3, -0.25) is 13.9 Å². The lowest BCUT2D eigenvalue weighted by Crippen LogP contribution is -2.54. The minimum Gasteiger partial charge on any atom is -0.350 e. The maximum Gasteiger partial charge on any atom is 0.244 e. The van der Waals surface area contributed by atoms with E-state index in [9.17, 15) is 18.0 Å². The summed E-state index contributed by atoms with van der Waals surface area (Å²) >= 11 is 12.4. The minimum absolute atomic E-state index is 0.00253. The van der Waals surface area contributed by atoms with E-state index in [0.29, 0.717) is 21.3 Å². The zero-order valence-electron chi connectivity index (χ0n) is 21.8. The number of sulfonamides is 1. The van der Waals surface area contributed by atoms with Gasteiger partial charge in [0.1, 0.15) is 12.6 Å². The quantitative estimate of drug-likeness (QED) is 0.459. The number of benzene rings is 2. The second-order valence-corrected chi connectivity index (χ2v) is 12.9. The maximum atomic E-state index is 13.6. The third-order valence-electron chi connectivity index (χ3n) is 5.55. The van der Waals surface area contributed by atoms with Crippen molar-refractivity contribution < 1.29 is 18.0 Å². The van der Waals surface area contributed by atoms with Crippen molar-refractivity contribution in [2.24, 2.45) is 0 Å². The number of nitrogens with one attached hydrogen (secondary N) is 1. The molecular formula is C26H35Cl2N3O4S. The molecule has 198 valence electrons. The van der Waals surface area contributed by atoms with E-state index in [0.717, 1.165) is 16.1 Å². The maximum absolute atomic E-state index is 13.6. The Labute approximate surface area is 224 Å². The highest BCUT2D eigenvalue weighted by atomic mass is 35.5. The van der Waals surface area contributed by atoms with E-state index in [1.54, 1.807) is 37.3 Å². The van der Waals surface area contributed by atoms with Crippen molar-refractivity contribution in [1.82, 2.24) is 10.2 Å². The first kappa shape index (κ1) is 29.9. The van der Waals surface area contributed by atoms with Crippen molar-refractivity contribution in [2.45, 2.75) is 65.6 Å². The summed E-state index contributed by atoms with van der Waals surface area (Å²) in [5.74, 6) is -0.641. The zero-order chi connectivity index (χ0) is 27.4. The number of carbonyl (C=O) groups excluding carboxylic acids is 2. The lowest BCUT2D eigenvalue weighted by molar-refractivity contribution is -0.140. The third-order valence-corrected chi connectivity index (χ3v) is 7.28. The molecule has 0 saturated heterocycles. The molecule has 10 heteroatoms. The molecule has 0 aliphatic heterocycles. The Morgan fingerprint density at radius 2 is 1.58 bits per heavy atom. The molecule has 0 aromatic heterocycles. The Morgan fingerprint density at radius 3 is 2.06 bits per heavy atom. The van der Waals surface area contributed by atoms with Crippen LogP contribution in [0.2, 0.25) is 10.0 Å². The smallest absolute Gasteiger partial charge is 0.244 e. The molecule has 36 heavy (non-hydrogen) atoms. The Hall–Kier alpha value is -2.29. The van der Waals surface area contributed by atoms with Gasteiger partial charge in [-0.2, -0.15) is 0 Å². The molecule has 0 aliphatic rings. The average molecular weight is 557 g/mol. The van der Waals surface area contributed by atoms with Crippen LogP contribution >= 0.6 is 23.2 Å². The Balaban J connectivity index is 2.44. The monoisotopic (exact) mass is 555 g/mol. The van der Waals surface area contributed by atoms with Crippen molar-refractivity contribution in [3.8, 4) is 0 Å². The highest BCUT2D eigenvalue weighted by Crippen LogP contribution is 2.25. The lowest BCUT2D eigenvalue weighted by atomic mass is 10.0. The average Bonchev–Trinajstić information content (AvgIpc) is 2.74. The summed E-state index contributed by atoms with van der Waals surface area (Å²) in [5, 5.41) is 3.66. The van der Waals surface area contributed by atoms with Gasteiger partial charge < -0.3 is 10.2 Å². The van der Waals surface area contributed by atoms with Crippen LogP contribution in [0.25, 0.3) is 0 Å². The van der Waals surface area contributed by atoms with E-state index >= 15 is 0 Å². The van der Waals surface area contributed by atoms with Crippen LogP contribution in [-0.4, -0.2) is 49.5 Å². The largest absolute Gasteiger partial charge is 0.350 e. The van der Waals surface area contributed by atoms with E-state index in [2.05, 4.69) is 5.32 Å². The Morgan fingerprint density at radius 1 is 1.00 bits per heavy atom. The first-order valence-electron chi connectivity index (χ1n) is 11.6. The molecule has 0 fully saturated rings. The molecule has 0 radical (unpaired) electrons. The molecule has 0 heterocycles. The van der Waals surface area contributed by atoms with Crippen LogP contribution in [0.3, 0.4) is 0 Å². The van der Waals surface area contributed by atoms with Crippen molar-refractivity contribution in [3.63, 3.8) is 0 Å². The number of amides is 2. The van der Waals surface area contributed by atoms with Crippen LogP contribution in [-0.2, 0) is 26.2 Å². The van der Waals surface area contributed by atoms with Gasteiger partial charge in [0.15, 0.2) is 0 Å². The van der Waals surface area contributed by atoms with E-state index in [1.165, 1.54) is 4.90 Å². The van der Waals surface area contributed by atoms with E-state index in [-0.39, 0.29) is 18.4 Å². The number of halogens is 2. The molecule has 0 bridgehead atoms. The van der Waals surface area contributed by atoms with Crippen LogP contribution < -0.4 is 9.62 Å². The van der Waals surface area contributed by atoms with Crippen LogP contribution in [0.1, 0.15) is 58.6 Å². The van der Waals surface area contributed by atoms with Crippen molar-refractivity contribution in [2.75, 3.05) is 17.1 Å². The molecule has 0 aliphatic carbocycles. The van der Waals surface area contributed by atoms with Gasteiger partial charge >= 0.3 is 0 Å². The second kappa shape index (κ2) is 11.8. The molecular weight excluding hydrogens is 521 g/mol. The molecule has 0 unspecified atom stereocenters. The normalized spacial score (nSPS) is 12.8. The van der Waals surface area contributed by atoms with Crippen molar-refractivity contribution in [1.29, 1.82) is 0 Å². The summed E-state index contributed by atoms with van der Waals surface area (Å²) in [4.78, 5) is 27.9. The predicted molar refractivity (Wildman–Crippen MR) is 147 cm³/mol. The van der Waals surface area contributed by atoms with Crippen molar-refractivity contribution in [3.05, 3.63) is 63.6 Å². The van der Waals surface area contributed by atoms with Gasteiger partial charge in [0.05, 0.1) is 11.9 Å². The number of nitrogens with zero attached hydrogens (tertiary/aromatic N) is 2. The first-order chi connectivity index (χ1) is 16.5. The number of rotatable bonds is 9. The summed E-state index contributed by atoms with van der Waals surface area (Å²) in [6.45, 7) is 10.7. The number of hydrogen-bond donors (Lipinski definition) is 1. The van der Waals surface area contributed by atoms with Crippen LogP contribution in [0, 0.1) is 0 Å². The highest BCUT2D eigenvalue weighted by molar-refractivity contribution is 7.92. The van der Waals surface area contributed by atoms with E-state index in [4.69, 9.17) is 23.2 Å². The molecule has 2 aromatic rings. The second-order valence-electron chi connectivity index (χ2n) is 10.2.